The second-order valence-corrected chi connectivity index (χ2v) is 5.07. The number of aliphatic hydroxyl groups is 2. The molecule has 1 heterocycles. The second-order valence-electron chi connectivity index (χ2n) is 2.75. The molecule has 0 saturated heterocycles. The van der Waals surface area contributed by atoms with Crippen molar-refractivity contribution in [2.45, 2.75) is 20.1 Å². The van der Waals surface area contributed by atoms with Gasteiger partial charge in [0.25, 0.3) is 0 Å². The van der Waals surface area contributed by atoms with Crippen LogP contribution in [0.5, 0.6) is 0 Å². The molecule has 0 aliphatic carbocycles. The van der Waals surface area contributed by atoms with Crippen LogP contribution in [0.1, 0.15) is 13.8 Å². The monoisotopic (exact) mass is 209 g/mol. The molecule has 0 fully saturated rings. The Morgan fingerprint density at radius 3 is 2.08 bits per heavy atom. The minimum atomic E-state index is -2.57. The lowest BCUT2D eigenvalue weighted by molar-refractivity contribution is -0.0248. The molecule has 1 aliphatic heterocycles. The highest BCUT2D eigenvalue weighted by molar-refractivity contribution is 7.62. The van der Waals surface area contributed by atoms with E-state index in [1.165, 1.54) is 7.11 Å². The van der Waals surface area contributed by atoms with E-state index in [2.05, 4.69) is 0 Å². The largest absolute Gasteiger partial charge is 0.502 e. The van der Waals surface area contributed by atoms with Crippen LogP contribution in [0.15, 0.2) is 11.5 Å². The normalized spacial score (nSPS) is 20.5. The molecule has 0 aromatic rings. The summed E-state index contributed by atoms with van der Waals surface area (Å²) in [5.41, 5.74) is 0. The van der Waals surface area contributed by atoms with E-state index < -0.39 is 14.2 Å². The van der Waals surface area contributed by atoms with Crippen LogP contribution in [0, 0.1) is 0 Å². The first kappa shape index (κ1) is 10.7. The van der Waals surface area contributed by atoms with Crippen molar-refractivity contribution >= 4 is 7.94 Å². The summed E-state index contributed by atoms with van der Waals surface area (Å²) in [6.07, 6.45) is -1.52. The number of allylic oxidation sites excluding steroid dienone is 2. The Kier molecular flexibility index (Phi) is 3.14. The molecule has 13 heavy (non-hydrogen) atoms. The van der Waals surface area contributed by atoms with Crippen molar-refractivity contribution in [2.24, 2.45) is 0 Å². The molecule has 0 atom stereocenters. The van der Waals surface area contributed by atoms with E-state index in [1.807, 2.05) is 0 Å². The molecule has 1 aliphatic rings. The lowest BCUT2D eigenvalue weighted by Crippen LogP contribution is -2.16. The molecule has 0 aromatic heterocycles. The number of aliphatic hydroxyl groups excluding tert-OH is 1. The zero-order valence-electron chi connectivity index (χ0n) is 7.85. The topological polar surface area (TPSA) is 68.2 Å². The third kappa shape index (κ3) is 2.31. The first-order valence-corrected chi connectivity index (χ1v) is 5.58. The van der Waals surface area contributed by atoms with Gasteiger partial charge in [-0.25, -0.2) is 0 Å². The van der Waals surface area contributed by atoms with Gasteiger partial charge in [0.2, 0.25) is 6.16 Å². The van der Waals surface area contributed by atoms with Crippen molar-refractivity contribution in [1.29, 1.82) is 0 Å². The highest BCUT2D eigenvalue weighted by Crippen LogP contribution is 2.68. The Labute approximate surface area is 77.5 Å². The van der Waals surface area contributed by atoms with E-state index in [9.17, 15) is 0 Å². The molecule has 0 unspecified atom stereocenters. The minimum Gasteiger partial charge on any atom is -0.365 e. The Morgan fingerprint density at radius 1 is 1.31 bits per heavy atom. The molecule has 0 amide bonds. The highest BCUT2D eigenvalue weighted by Gasteiger charge is 2.53. The van der Waals surface area contributed by atoms with Crippen LogP contribution >= 0.6 is 7.94 Å². The summed E-state index contributed by atoms with van der Waals surface area (Å²) in [6, 6.07) is 0. The summed E-state index contributed by atoms with van der Waals surface area (Å²) in [4.78, 5) is 0. The average Bonchev–Trinajstić information content (AvgIpc) is 2.27. The van der Waals surface area contributed by atoms with E-state index in [4.69, 9.17) is 23.8 Å². The van der Waals surface area contributed by atoms with Gasteiger partial charge in [-0.05, 0) is 0 Å². The third-order valence-electron chi connectivity index (χ3n) is 1.71. The van der Waals surface area contributed by atoms with E-state index in [0.29, 0.717) is 11.5 Å². The van der Waals surface area contributed by atoms with Crippen molar-refractivity contribution in [3.63, 3.8) is 0 Å². The molecule has 76 valence electrons. The van der Waals surface area contributed by atoms with Gasteiger partial charge in [0.05, 0.1) is 7.11 Å². The number of rotatable bonds is 3. The van der Waals surface area contributed by atoms with Gasteiger partial charge in [0.1, 0.15) is 0 Å². The molecule has 0 aromatic carbocycles. The van der Waals surface area contributed by atoms with Crippen LogP contribution in [0.25, 0.3) is 0 Å². The van der Waals surface area contributed by atoms with Crippen molar-refractivity contribution in [2.75, 3.05) is 13.3 Å². The minimum absolute atomic E-state index is 0.0435. The zero-order chi connectivity index (χ0) is 10.1. The smallest absolute Gasteiger partial charge is 0.365 e. The van der Waals surface area contributed by atoms with Crippen LogP contribution in [0.3, 0.4) is 0 Å². The first-order valence-electron chi connectivity index (χ1n) is 3.86. The van der Waals surface area contributed by atoms with Crippen molar-refractivity contribution in [3.8, 4) is 0 Å². The van der Waals surface area contributed by atoms with Crippen molar-refractivity contribution in [3.05, 3.63) is 11.5 Å². The zero-order valence-corrected chi connectivity index (χ0v) is 8.75. The van der Waals surface area contributed by atoms with Gasteiger partial charge in [-0.1, -0.05) is 0 Å². The quantitative estimate of drug-likeness (QED) is 0.536. The lowest BCUT2D eigenvalue weighted by atomic mass is 10.5. The number of hydrogen-bond donors (Lipinski definition) is 2. The number of hydrogen-bond acceptors (Lipinski definition) is 5. The molecular formula is C7H14O5P+. The fourth-order valence-electron chi connectivity index (χ4n) is 0.988. The van der Waals surface area contributed by atoms with Gasteiger partial charge >= 0.3 is 7.94 Å². The summed E-state index contributed by atoms with van der Waals surface area (Å²) in [5, 5.41) is 17.6. The van der Waals surface area contributed by atoms with E-state index in [-0.39, 0.29) is 6.16 Å². The fraction of sp³-hybridized carbons (Fsp3) is 0.714. The highest BCUT2D eigenvalue weighted by atomic mass is 31.2. The molecule has 2 N–H and O–H groups in total. The SMILES string of the molecule is CO[P+]1(CC(O)O)OC(C)=C(C)O1. The molecule has 0 saturated carbocycles. The molecule has 6 heteroatoms. The second kappa shape index (κ2) is 3.80. The fourth-order valence-corrected chi connectivity index (χ4v) is 2.96. The molecule has 5 nitrogen and oxygen atoms in total. The Morgan fingerprint density at radius 2 is 1.77 bits per heavy atom. The predicted octanol–water partition coefficient (Wildman–Crippen LogP) is 1.00. The van der Waals surface area contributed by atoms with Crippen LogP contribution in [-0.4, -0.2) is 29.8 Å². The summed E-state index contributed by atoms with van der Waals surface area (Å²) < 4.78 is 15.8. The van der Waals surface area contributed by atoms with Crippen molar-refractivity contribution in [1.82, 2.24) is 0 Å². The first-order chi connectivity index (χ1) is 5.99. The van der Waals surface area contributed by atoms with Crippen molar-refractivity contribution < 1.29 is 23.8 Å². The average molecular weight is 209 g/mol. The maximum absolute atomic E-state index is 8.81. The van der Waals surface area contributed by atoms with Crippen LogP contribution in [0.2, 0.25) is 0 Å². The Bertz CT molecular complexity index is 211. The summed E-state index contributed by atoms with van der Waals surface area (Å²) in [5.74, 6) is 1.27. The Hall–Kier alpha value is -0.350. The summed E-state index contributed by atoms with van der Waals surface area (Å²) >= 11 is 0. The summed E-state index contributed by atoms with van der Waals surface area (Å²) in [7, 11) is -1.14. The standard InChI is InChI=1S/C7H14O5P/c1-5-6(2)12-13(10-3,11-5)4-7(8)9/h7-9H,4H2,1-3H3/q+1. The van der Waals surface area contributed by atoms with Crippen LogP contribution in [0.4, 0.5) is 0 Å². The molecule has 0 spiro atoms. The maximum atomic E-state index is 8.81. The van der Waals surface area contributed by atoms with Gasteiger partial charge in [-0.15, -0.1) is 0 Å². The molecule has 1 rings (SSSR count). The van der Waals surface area contributed by atoms with Crippen LogP contribution < -0.4 is 0 Å². The van der Waals surface area contributed by atoms with Gasteiger partial charge in [-0.3, -0.25) is 9.05 Å². The van der Waals surface area contributed by atoms with E-state index >= 15 is 0 Å². The molecule has 0 radical (unpaired) electrons. The predicted molar refractivity (Wildman–Crippen MR) is 47.6 cm³/mol. The van der Waals surface area contributed by atoms with Gasteiger partial charge in [0, 0.05) is 13.8 Å². The van der Waals surface area contributed by atoms with Gasteiger partial charge in [-0.2, -0.15) is 4.52 Å². The molecule has 0 bridgehead atoms. The van der Waals surface area contributed by atoms with Crippen LogP contribution in [-0.2, 0) is 13.6 Å². The third-order valence-corrected chi connectivity index (χ3v) is 4.15. The maximum Gasteiger partial charge on any atom is 0.502 e. The van der Waals surface area contributed by atoms with E-state index in [0.717, 1.165) is 0 Å². The molecular weight excluding hydrogens is 195 g/mol. The lowest BCUT2D eigenvalue weighted by Gasteiger charge is -2.15. The Balaban J connectivity index is 2.67. The van der Waals surface area contributed by atoms with Gasteiger partial charge in [0.15, 0.2) is 17.8 Å². The van der Waals surface area contributed by atoms with E-state index in [1.54, 1.807) is 13.8 Å². The van der Waals surface area contributed by atoms with Gasteiger partial charge < -0.3 is 10.2 Å². The summed E-state index contributed by atoms with van der Waals surface area (Å²) in [6.45, 7) is 3.50.